The molecule has 2 amide bonds. The molecule has 0 spiro atoms. The van der Waals surface area contributed by atoms with Crippen molar-refractivity contribution in [2.24, 2.45) is 0 Å². The number of hydrogen-bond acceptors (Lipinski definition) is 3. The second kappa shape index (κ2) is 12.4. The number of carbonyl (C=O) groups excluding carboxylic acids is 2. The zero-order valence-electron chi connectivity index (χ0n) is 17.0. The van der Waals surface area contributed by atoms with Crippen molar-refractivity contribution in [2.45, 2.75) is 39.3 Å². The molecule has 1 atom stereocenters. The van der Waals surface area contributed by atoms with E-state index in [1.165, 1.54) is 4.90 Å². The molecule has 5 nitrogen and oxygen atoms in total. The summed E-state index contributed by atoms with van der Waals surface area (Å²) in [7, 11) is 0. The van der Waals surface area contributed by atoms with Gasteiger partial charge in [0.15, 0.2) is 6.61 Å². The SMILES string of the molecule is CCCCNC(=O)[C@@H](C)N(Cc1c(Cl)cccc1Cl)C(=O)COc1ccc(I)cc1. The van der Waals surface area contributed by atoms with E-state index >= 15 is 0 Å². The van der Waals surface area contributed by atoms with E-state index in [1.54, 1.807) is 37.3 Å². The van der Waals surface area contributed by atoms with Crippen molar-refractivity contribution in [3.8, 4) is 5.75 Å². The van der Waals surface area contributed by atoms with Crippen molar-refractivity contribution in [3.63, 3.8) is 0 Å². The van der Waals surface area contributed by atoms with Gasteiger partial charge in [0.1, 0.15) is 11.8 Å². The fraction of sp³-hybridized carbons (Fsp3) is 0.364. The number of rotatable bonds is 10. The lowest BCUT2D eigenvalue weighted by molar-refractivity contribution is -0.142. The van der Waals surface area contributed by atoms with E-state index in [4.69, 9.17) is 27.9 Å². The van der Waals surface area contributed by atoms with Gasteiger partial charge in [-0.05, 0) is 72.3 Å². The summed E-state index contributed by atoms with van der Waals surface area (Å²) in [6.45, 7) is 4.21. The molecule has 162 valence electrons. The number of nitrogens with zero attached hydrogens (tertiary/aromatic N) is 1. The highest BCUT2D eigenvalue weighted by Crippen LogP contribution is 2.26. The molecule has 2 rings (SSSR count). The first-order valence-electron chi connectivity index (χ1n) is 9.72. The molecule has 8 heteroatoms. The zero-order chi connectivity index (χ0) is 22.1. The lowest BCUT2D eigenvalue weighted by atomic mass is 10.1. The van der Waals surface area contributed by atoms with E-state index in [-0.39, 0.29) is 25.0 Å². The molecule has 0 saturated heterocycles. The van der Waals surface area contributed by atoms with Crippen molar-refractivity contribution in [1.82, 2.24) is 10.2 Å². The van der Waals surface area contributed by atoms with Crippen LogP contribution >= 0.6 is 45.8 Å². The van der Waals surface area contributed by atoms with Gasteiger partial charge >= 0.3 is 0 Å². The maximum absolute atomic E-state index is 13.0. The molecule has 0 saturated carbocycles. The van der Waals surface area contributed by atoms with E-state index < -0.39 is 6.04 Å². The highest BCUT2D eigenvalue weighted by Gasteiger charge is 2.27. The molecule has 0 aliphatic rings. The van der Waals surface area contributed by atoms with Crippen LogP contribution < -0.4 is 10.1 Å². The highest BCUT2D eigenvalue weighted by molar-refractivity contribution is 14.1. The molecule has 0 aliphatic heterocycles. The van der Waals surface area contributed by atoms with Gasteiger partial charge in [-0.2, -0.15) is 0 Å². The number of ether oxygens (including phenoxy) is 1. The lowest BCUT2D eigenvalue weighted by Crippen LogP contribution is -2.49. The largest absolute Gasteiger partial charge is 0.484 e. The Morgan fingerprint density at radius 3 is 2.37 bits per heavy atom. The second-order valence-electron chi connectivity index (χ2n) is 6.79. The van der Waals surface area contributed by atoms with Crippen LogP contribution in [0.2, 0.25) is 10.0 Å². The smallest absolute Gasteiger partial charge is 0.261 e. The Hall–Kier alpha value is -1.51. The predicted octanol–water partition coefficient (Wildman–Crippen LogP) is 5.31. The standard InChI is InChI=1S/C22H25Cl2IN2O3/c1-3-4-12-26-22(29)15(2)27(13-18-19(23)6-5-7-20(18)24)21(28)14-30-17-10-8-16(25)9-11-17/h5-11,15H,3-4,12-14H2,1-2H3,(H,26,29)/t15-/m1/s1. The van der Waals surface area contributed by atoms with Gasteiger partial charge in [-0.3, -0.25) is 9.59 Å². The van der Waals surface area contributed by atoms with Crippen LogP contribution in [0.5, 0.6) is 5.75 Å². The van der Waals surface area contributed by atoms with Crippen molar-refractivity contribution in [1.29, 1.82) is 0 Å². The van der Waals surface area contributed by atoms with Gasteiger partial charge in [0.25, 0.3) is 5.91 Å². The van der Waals surface area contributed by atoms with Crippen molar-refractivity contribution in [2.75, 3.05) is 13.2 Å². The van der Waals surface area contributed by atoms with E-state index in [0.717, 1.165) is 16.4 Å². The Labute approximate surface area is 201 Å². The van der Waals surface area contributed by atoms with Crippen LogP contribution in [0.1, 0.15) is 32.3 Å². The van der Waals surface area contributed by atoms with Crippen LogP contribution in [0.25, 0.3) is 0 Å². The molecule has 0 aromatic heterocycles. The molecular formula is C22H25Cl2IN2O3. The number of nitrogens with one attached hydrogen (secondary N) is 1. The van der Waals surface area contributed by atoms with Gasteiger partial charge in [0, 0.05) is 32.3 Å². The Morgan fingerprint density at radius 1 is 1.13 bits per heavy atom. The maximum atomic E-state index is 13.0. The van der Waals surface area contributed by atoms with E-state index in [9.17, 15) is 9.59 Å². The minimum Gasteiger partial charge on any atom is -0.484 e. The molecule has 2 aromatic rings. The number of carbonyl (C=O) groups is 2. The predicted molar refractivity (Wildman–Crippen MR) is 129 cm³/mol. The molecule has 0 aliphatic carbocycles. The summed E-state index contributed by atoms with van der Waals surface area (Å²) in [4.78, 5) is 27.1. The Balaban J connectivity index is 2.17. The summed E-state index contributed by atoms with van der Waals surface area (Å²) in [5.41, 5.74) is 0.594. The summed E-state index contributed by atoms with van der Waals surface area (Å²) in [5, 5.41) is 3.76. The Bertz CT molecular complexity index is 842. The zero-order valence-corrected chi connectivity index (χ0v) is 20.6. The second-order valence-corrected chi connectivity index (χ2v) is 8.85. The third kappa shape index (κ3) is 7.32. The van der Waals surface area contributed by atoms with E-state index in [2.05, 4.69) is 27.9 Å². The molecule has 0 heterocycles. The van der Waals surface area contributed by atoms with Gasteiger partial charge < -0.3 is 15.0 Å². The number of hydrogen-bond donors (Lipinski definition) is 1. The van der Waals surface area contributed by atoms with Crippen molar-refractivity contribution >= 4 is 57.6 Å². The van der Waals surface area contributed by atoms with Gasteiger partial charge in [0.2, 0.25) is 5.91 Å². The van der Waals surface area contributed by atoms with Gasteiger partial charge in [-0.1, -0.05) is 42.6 Å². The summed E-state index contributed by atoms with van der Waals surface area (Å²) < 4.78 is 6.71. The van der Waals surface area contributed by atoms with Crippen LogP contribution in [0.15, 0.2) is 42.5 Å². The Morgan fingerprint density at radius 2 is 1.77 bits per heavy atom. The Kier molecular flexibility index (Phi) is 10.2. The molecule has 30 heavy (non-hydrogen) atoms. The van der Waals surface area contributed by atoms with E-state index in [0.29, 0.717) is 27.9 Å². The lowest BCUT2D eigenvalue weighted by Gasteiger charge is -2.29. The van der Waals surface area contributed by atoms with Crippen LogP contribution in [0.4, 0.5) is 0 Å². The molecule has 0 unspecified atom stereocenters. The average molecular weight is 563 g/mol. The molecule has 0 radical (unpaired) electrons. The number of unbranched alkanes of at least 4 members (excludes halogenated alkanes) is 1. The van der Waals surface area contributed by atoms with Crippen molar-refractivity contribution in [3.05, 3.63) is 61.6 Å². The van der Waals surface area contributed by atoms with Crippen molar-refractivity contribution < 1.29 is 14.3 Å². The van der Waals surface area contributed by atoms with Gasteiger partial charge in [-0.15, -0.1) is 0 Å². The average Bonchev–Trinajstić information content (AvgIpc) is 2.72. The molecule has 0 bridgehead atoms. The molecule has 2 aromatic carbocycles. The highest BCUT2D eigenvalue weighted by atomic mass is 127. The quantitative estimate of drug-likeness (QED) is 0.315. The minimum atomic E-state index is -0.706. The summed E-state index contributed by atoms with van der Waals surface area (Å²) in [6, 6.07) is 11.8. The number of halogens is 3. The van der Waals surface area contributed by atoms with Crippen LogP contribution in [0.3, 0.4) is 0 Å². The maximum Gasteiger partial charge on any atom is 0.261 e. The number of amides is 2. The first-order valence-corrected chi connectivity index (χ1v) is 11.5. The first-order chi connectivity index (χ1) is 14.3. The third-order valence-corrected chi connectivity index (χ3v) is 5.99. The van der Waals surface area contributed by atoms with E-state index in [1.807, 2.05) is 19.1 Å². The number of benzene rings is 2. The fourth-order valence-electron chi connectivity index (χ4n) is 2.73. The van der Waals surface area contributed by atoms with Gasteiger partial charge in [-0.25, -0.2) is 0 Å². The van der Waals surface area contributed by atoms with Crippen LogP contribution in [-0.4, -0.2) is 35.9 Å². The van der Waals surface area contributed by atoms with Crippen LogP contribution in [-0.2, 0) is 16.1 Å². The van der Waals surface area contributed by atoms with Gasteiger partial charge in [0.05, 0.1) is 0 Å². The summed E-state index contributed by atoms with van der Waals surface area (Å²) in [6.07, 6.45) is 1.84. The monoisotopic (exact) mass is 562 g/mol. The normalized spacial score (nSPS) is 11.6. The molecule has 0 fully saturated rings. The molecular weight excluding hydrogens is 538 g/mol. The molecule has 1 N–H and O–H groups in total. The first kappa shape index (κ1) is 24.8. The minimum absolute atomic E-state index is 0.107. The third-order valence-electron chi connectivity index (χ3n) is 4.56. The van der Waals surface area contributed by atoms with Crippen LogP contribution in [0, 0.1) is 3.57 Å². The topological polar surface area (TPSA) is 58.6 Å². The fourth-order valence-corrected chi connectivity index (χ4v) is 3.61. The summed E-state index contributed by atoms with van der Waals surface area (Å²) in [5.74, 6) is 0.0245. The summed E-state index contributed by atoms with van der Waals surface area (Å²) >= 11 is 14.8.